The Labute approximate surface area is 166 Å². The maximum atomic E-state index is 12.8. The highest BCUT2D eigenvalue weighted by Gasteiger charge is 2.30. The van der Waals surface area contributed by atoms with Gasteiger partial charge in [-0.15, -0.1) is 10.2 Å². The predicted octanol–water partition coefficient (Wildman–Crippen LogP) is 3.75. The number of thioether (sulfide) groups is 1. The van der Waals surface area contributed by atoms with Crippen LogP contribution in [0.1, 0.15) is 18.3 Å². The Morgan fingerprint density at radius 1 is 1.31 bits per heavy atom. The van der Waals surface area contributed by atoms with E-state index in [2.05, 4.69) is 15.3 Å². The van der Waals surface area contributed by atoms with E-state index in [0.29, 0.717) is 17.5 Å². The molecule has 1 aromatic carbocycles. The molecule has 0 N–H and O–H groups in total. The summed E-state index contributed by atoms with van der Waals surface area (Å²) >= 11 is 1.26. The molecular weight excluding hydrogens is 413 g/mol. The first kappa shape index (κ1) is 20.6. The normalized spacial score (nSPS) is 11.6. The molecule has 0 unspecified atom stereocenters. The molecule has 0 radical (unpaired) electrons. The van der Waals surface area contributed by atoms with Gasteiger partial charge in [-0.3, -0.25) is 14.8 Å². The summed E-state index contributed by atoms with van der Waals surface area (Å²) < 4.78 is 47.0. The van der Waals surface area contributed by atoms with Crippen LogP contribution in [0.3, 0.4) is 0 Å². The fourth-order valence-electron chi connectivity index (χ4n) is 2.40. The molecule has 0 amide bonds. The molecule has 154 valence electrons. The topological polar surface area (TPSA) is 101 Å². The SMILES string of the molecule is CCn1c(COc2cccc(C(F)(F)F)c2)nnc1SCn1cc([N+](=O)[O-])cn1. The number of hydrogen-bond donors (Lipinski definition) is 0. The van der Waals surface area contributed by atoms with Crippen molar-refractivity contribution in [2.24, 2.45) is 0 Å². The first-order chi connectivity index (χ1) is 13.8. The third kappa shape index (κ3) is 5.04. The lowest BCUT2D eigenvalue weighted by Crippen LogP contribution is -2.08. The molecule has 9 nitrogen and oxygen atoms in total. The summed E-state index contributed by atoms with van der Waals surface area (Å²) in [6.45, 7) is 2.31. The number of nitrogens with zero attached hydrogens (tertiary/aromatic N) is 6. The van der Waals surface area contributed by atoms with E-state index >= 15 is 0 Å². The maximum absolute atomic E-state index is 12.8. The van der Waals surface area contributed by atoms with Crippen molar-refractivity contribution < 1.29 is 22.8 Å². The molecule has 29 heavy (non-hydrogen) atoms. The van der Waals surface area contributed by atoms with Crippen LogP contribution >= 0.6 is 11.8 Å². The third-order valence-corrected chi connectivity index (χ3v) is 4.75. The lowest BCUT2D eigenvalue weighted by Gasteiger charge is -2.11. The number of aromatic nitrogens is 5. The van der Waals surface area contributed by atoms with Gasteiger partial charge in [-0.2, -0.15) is 18.3 Å². The van der Waals surface area contributed by atoms with E-state index in [4.69, 9.17) is 4.74 Å². The van der Waals surface area contributed by atoms with E-state index < -0.39 is 16.7 Å². The number of rotatable bonds is 8. The molecule has 0 spiro atoms. The summed E-state index contributed by atoms with van der Waals surface area (Å²) in [6, 6.07) is 4.60. The smallest absolute Gasteiger partial charge is 0.416 e. The monoisotopic (exact) mass is 428 g/mol. The molecule has 0 atom stereocenters. The molecule has 0 aliphatic heterocycles. The summed E-state index contributed by atoms with van der Waals surface area (Å²) in [6.07, 6.45) is -2.00. The zero-order valence-corrected chi connectivity index (χ0v) is 15.9. The van der Waals surface area contributed by atoms with Crippen LogP contribution in [0.4, 0.5) is 18.9 Å². The highest BCUT2D eigenvalue weighted by atomic mass is 32.2. The maximum Gasteiger partial charge on any atom is 0.416 e. The zero-order valence-electron chi connectivity index (χ0n) is 15.0. The molecule has 2 heterocycles. The minimum Gasteiger partial charge on any atom is -0.486 e. The lowest BCUT2D eigenvalue weighted by atomic mass is 10.2. The van der Waals surface area contributed by atoms with Gasteiger partial charge in [0.15, 0.2) is 11.0 Å². The van der Waals surface area contributed by atoms with Crippen molar-refractivity contribution in [3.8, 4) is 5.75 Å². The molecule has 0 aliphatic rings. The van der Waals surface area contributed by atoms with Crippen LogP contribution in [0.15, 0.2) is 41.8 Å². The Bertz CT molecular complexity index is 1000. The Kier molecular flexibility index (Phi) is 6.06. The van der Waals surface area contributed by atoms with Crippen molar-refractivity contribution in [2.45, 2.75) is 37.3 Å². The number of benzene rings is 1. The molecular formula is C16H15F3N6O3S. The van der Waals surface area contributed by atoms with Crippen LogP contribution < -0.4 is 4.74 Å². The van der Waals surface area contributed by atoms with Crippen LogP contribution in [-0.2, 0) is 25.2 Å². The van der Waals surface area contributed by atoms with Gasteiger partial charge in [-0.1, -0.05) is 17.8 Å². The van der Waals surface area contributed by atoms with E-state index in [1.165, 1.54) is 34.8 Å². The molecule has 0 saturated carbocycles. The fraction of sp³-hybridized carbons (Fsp3) is 0.312. The van der Waals surface area contributed by atoms with Crippen molar-refractivity contribution >= 4 is 17.4 Å². The van der Waals surface area contributed by atoms with Crippen molar-refractivity contribution in [2.75, 3.05) is 0 Å². The summed E-state index contributed by atoms with van der Waals surface area (Å²) in [4.78, 5) is 10.2. The first-order valence-electron chi connectivity index (χ1n) is 8.29. The first-order valence-corrected chi connectivity index (χ1v) is 9.28. The molecule has 0 aliphatic carbocycles. The second-order valence-electron chi connectivity index (χ2n) is 5.73. The fourth-order valence-corrected chi connectivity index (χ4v) is 3.28. The second-order valence-corrected chi connectivity index (χ2v) is 6.64. The van der Waals surface area contributed by atoms with E-state index in [0.717, 1.165) is 18.3 Å². The van der Waals surface area contributed by atoms with Crippen molar-refractivity contribution in [3.63, 3.8) is 0 Å². The molecule has 3 aromatic rings. The van der Waals surface area contributed by atoms with Crippen LogP contribution in [0.5, 0.6) is 5.75 Å². The summed E-state index contributed by atoms with van der Waals surface area (Å²) in [5.41, 5.74) is -0.908. The van der Waals surface area contributed by atoms with E-state index in [1.54, 1.807) is 4.57 Å². The van der Waals surface area contributed by atoms with Gasteiger partial charge in [0.05, 0.1) is 16.4 Å². The summed E-state index contributed by atoms with van der Waals surface area (Å²) in [5, 5.41) is 23.2. The Morgan fingerprint density at radius 3 is 2.76 bits per heavy atom. The van der Waals surface area contributed by atoms with Gasteiger partial charge in [-0.25, -0.2) is 0 Å². The number of hydrogen-bond acceptors (Lipinski definition) is 7. The minimum atomic E-state index is -4.45. The van der Waals surface area contributed by atoms with Gasteiger partial charge < -0.3 is 9.30 Å². The largest absolute Gasteiger partial charge is 0.486 e. The van der Waals surface area contributed by atoms with Crippen molar-refractivity contribution in [3.05, 3.63) is 58.2 Å². The quantitative estimate of drug-likeness (QED) is 0.306. The number of halogens is 3. The zero-order chi connectivity index (χ0) is 21.0. The van der Waals surface area contributed by atoms with Crippen LogP contribution in [0.25, 0.3) is 0 Å². The highest BCUT2D eigenvalue weighted by molar-refractivity contribution is 7.98. The highest BCUT2D eigenvalue weighted by Crippen LogP contribution is 2.31. The van der Waals surface area contributed by atoms with E-state index in [9.17, 15) is 23.3 Å². The number of nitro groups is 1. The average Bonchev–Trinajstić information content (AvgIpc) is 3.31. The van der Waals surface area contributed by atoms with Crippen molar-refractivity contribution in [1.29, 1.82) is 0 Å². The number of ether oxygens (including phenoxy) is 1. The van der Waals surface area contributed by atoms with Gasteiger partial charge in [0.2, 0.25) is 0 Å². The Hall–Kier alpha value is -3.09. The molecule has 2 aromatic heterocycles. The van der Waals surface area contributed by atoms with Gasteiger partial charge in [0.25, 0.3) is 0 Å². The summed E-state index contributed by atoms with van der Waals surface area (Å²) in [5.74, 6) is 0.794. The van der Waals surface area contributed by atoms with Crippen LogP contribution in [-0.4, -0.2) is 29.5 Å². The molecule has 0 bridgehead atoms. The Balaban J connectivity index is 1.65. The van der Waals surface area contributed by atoms with Crippen molar-refractivity contribution in [1.82, 2.24) is 24.5 Å². The standard InChI is InChI=1S/C16H15F3N6O3S/c1-2-24-14(9-28-13-5-3-4-11(6-13)16(17,18)19)21-22-15(24)29-10-23-8-12(7-20-23)25(26)27/h3-8H,2,9-10H2,1H3. The molecule has 0 saturated heterocycles. The lowest BCUT2D eigenvalue weighted by molar-refractivity contribution is -0.385. The predicted molar refractivity (Wildman–Crippen MR) is 96.2 cm³/mol. The van der Waals surface area contributed by atoms with E-state index in [1.807, 2.05) is 6.92 Å². The number of alkyl halides is 3. The van der Waals surface area contributed by atoms with Crippen LogP contribution in [0, 0.1) is 10.1 Å². The van der Waals surface area contributed by atoms with Crippen LogP contribution in [0.2, 0.25) is 0 Å². The third-order valence-electron chi connectivity index (χ3n) is 3.80. The second kappa shape index (κ2) is 8.51. The van der Waals surface area contributed by atoms with Gasteiger partial charge in [0, 0.05) is 6.54 Å². The van der Waals surface area contributed by atoms with E-state index in [-0.39, 0.29) is 23.9 Å². The minimum absolute atomic E-state index is 0.0596. The van der Waals surface area contributed by atoms with Gasteiger partial charge in [-0.05, 0) is 25.1 Å². The Morgan fingerprint density at radius 2 is 2.10 bits per heavy atom. The molecule has 0 fully saturated rings. The molecule has 3 rings (SSSR count). The van der Waals surface area contributed by atoms with Gasteiger partial charge in [0.1, 0.15) is 24.8 Å². The van der Waals surface area contributed by atoms with Gasteiger partial charge >= 0.3 is 11.9 Å². The average molecular weight is 428 g/mol. The molecule has 13 heteroatoms. The summed E-state index contributed by atoms with van der Waals surface area (Å²) in [7, 11) is 0.